The van der Waals surface area contributed by atoms with Crippen molar-refractivity contribution in [3.05, 3.63) is 53.3 Å². The molecule has 0 atom stereocenters. The minimum absolute atomic E-state index is 0.305. The Labute approximate surface area is 157 Å². The number of anilines is 2. The number of sulfonamides is 1. The Morgan fingerprint density at radius 3 is 2.74 bits per heavy atom. The van der Waals surface area contributed by atoms with Crippen molar-refractivity contribution in [2.24, 2.45) is 0 Å². The molecule has 0 bridgehead atoms. The van der Waals surface area contributed by atoms with Gasteiger partial charge in [0.25, 0.3) is 5.91 Å². The van der Waals surface area contributed by atoms with Gasteiger partial charge in [-0.2, -0.15) is 0 Å². The van der Waals surface area contributed by atoms with E-state index in [1.54, 1.807) is 44.4 Å². The molecule has 1 amide bonds. The summed E-state index contributed by atoms with van der Waals surface area (Å²) in [6.07, 6.45) is 3.41. The van der Waals surface area contributed by atoms with Gasteiger partial charge in [-0.15, -0.1) is 0 Å². The lowest BCUT2D eigenvalue weighted by molar-refractivity contribution is 0.102. The molecular weight excluding hydrogens is 364 g/mol. The van der Waals surface area contributed by atoms with E-state index in [2.05, 4.69) is 15.3 Å². The summed E-state index contributed by atoms with van der Waals surface area (Å²) in [5.74, 6) is -0.305. The second-order valence-electron chi connectivity index (χ2n) is 7.21. The number of nitrogens with one attached hydrogen (secondary N) is 2. The third-order valence-corrected chi connectivity index (χ3v) is 7.78. The Balaban J connectivity index is 1.71. The van der Waals surface area contributed by atoms with Gasteiger partial charge in [0.1, 0.15) is 10.4 Å². The van der Waals surface area contributed by atoms with Crippen molar-refractivity contribution in [1.82, 2.24) is 9.97 Å². The molecule has 3 heterocycles. The molecule has 1 aliphatic heterocycles. The Morgan fingerprint density at radius 1 is 1.26 bits per heavy atom. The molecule has 0 unspecified atom stereocenters. The summed E-state index contributed by atoms with van der Waals surface area (Å²) in [6, 6.07) is 6.88. The van der Waals surface area contributed by atoms with Gasteiger partial charge in [-0.1, -0.05) is 0 Å². The molecule has 1 aromatic carbocycles. The van der Waals surface area contributed by atoms with E-state index in [0.717, 1.165) is 16.6 Å². The van der Waals surface area contributed by atoms with Gasteiger partial charge in [0, 0.05) is 24.2 Å². The molecule has 27 heavy (non-hydrogen) atoms. The number of amides is 1. The maximum atomic E-state index is 12.8. The molecule has 0 saturated heterocycles. The molecule has 7 nitrogen and oxygen atoms in total. The maximum absolute atomic E-state index is 12.8. The standard InChI is InChI=1S/C19H20N4O3S/c1-11-13-7-8-20-17(13)21-10-15(11)22-18(24)12-5-6-16-14(9-12)19(2,3)27(25,26)23(16)4/h5-10H,1-4H3,(H,20,21)(H,22,24). The number of benzene rings is 1. The van der Waals surface area contributed by atoms with Gasteiger partial charge < -0.3 is 10.3 Å². The van der Waals surface area contributed by atoms with Crippen LogP contribution in [0.5, 0.6) is 0 Å². The van der Waals surface area contributed by atoms with Crippen LogP contribution in [0, 0.1) is 6.92 Å². The fraction of sp³-hybridized carbons (Fsp3) is 0.263. The highest BCUT2D eigenvalue weighted by atomic mass is 32.2. The number of fused-ring (bicyclic) bond motifs is 2. The van der Waals surface area contributed by atoms with Crippen LogP contribution in [0.1, 0.15) is 35.3 Å². The van der Waals surface area contributed by atoms with Crippen LogP contribution in [0.2, 0.25) is 0 Å². The number of pyridine rings is 1. The van der Waals surface area contributed by atoms with Crippen LogP contribution in [0.15, 0.2) is 36.7 Å². The molecular formula is C19H20N4O3S. The minimum atomic E-state index is -3.50. The van der Waals surface area contributed by atoms with Crippen molar-refractivity contribution < 1.29 is 13.2 Å². The predicted molar refractivity (Wildman–Crippen MR) is 106 cm³/mol. The van der Waals surface area contributed by atoms with Crippen LogP contribution >= 0.6 is 0 Å². The Hall–Kier alpha value is -2.87. The summed E-state index contributed by atoms with van der Waals surface area (Å²) in [5.41, 5.74) is 3.92. The highest BCUT2D eigenvalue weighted by molar-refractivity contribution is 7.94. The number of carbonyl (C=O) groups excluding carboxylic acids is 1. The lowest BCUT2D eigenvalue weighted by Crippen LogP contribution is -2.33. The smallest absolute Gasteiger partial charge is 0.255 e. The molecule has 2 N–H and O–H groups in total. The number of aromatic nitrogens is 2. The Morgan fingerprint density at radius 2 is 2.00 bits per heavy atom. The van der Waals surface area contributed by atoms with E-state index in [-0.39, 0.29) is 5.91 Å². The van der Waals surface area contributed by atoms with Gasteiger partial charge in [-0.25, -0.2) is 13.4 Å². The summed E-state index contributed by atoms with van der Waals surface area (Å²) < 4.78 is 25.4. The zero-order valence-electron chi connectivity index (χ0n) is 15.5. The summed E-state index contributed by atoms with van der Waals surface area (Å²) in [7, 11) is -1.97. The summed E-state index contributed by atoms with van der Waals surface area (Å²) in [6.45, 7) is 5.22. The van der Waals surface area contributed by atoms with Gasteiger partial charge in [0.15, 0.2) is 0 Å². The van der Waals surface area contributed by atoms with Crippen LogP contribution < -0.4 is 9.62 Å². The number of nitrogens with zero attached hydrogens (tertiary/aromatic N) is 2. The quantitative estimate of drug-likeness (QED) is 0.710. The van der Waals surface area contributed by atoms with Crippen molar-refractivity contribution in [2.75, 3.05) is 16.7 Å². The van der Waals surface area contributed by atoms with E-state index in [0.29, 0.717) is 22.5 Å². The molecule has 2 aromatic heterocycles. The third kappa shape index (κ3) is 2.36. The average molecular weight is 384 g/mol. The SMILES string of the molecule is Cc1c(NC(=O)c2ccc3c(c2)C(C)(C)S(=O)(=O)N3C)cnc2[nH]ccc12. The number of aromatic amines is 1. The van der Waals surface area contributed by atoms with Crippen LogP contribution in [0.4, 0.5) is 11.4 Å². The topological polar surface area (TPSA) is 95.2 Å². The Kier molecular flexibility index (Phi) is 3.61. The highest BCUT2D eigenvalue weighted by Gasteiger charge is 2.48. The summed E-state index contributed by atoms with van der Waals surface area (Å²) in [4.78, 5) is 20.1. The third-order valence-electron chi connectivity index (χ3n) is 5.36. The van der Waals surface area contributed by atoms with Gasteiger partial charge >= 0.3 is 0 Å². The second kappa shape index (κ2) is 5.56. The first-order chi connectivity index (χ1) is 12.6. The fourth-order valence-corrected chi connectivity index (χ4v) is 5.05. The zero-order valence-corrected chi connectivity index (χ0v) is 16.3. The number of aryl methyl sites for hydroxylation is 1. The molecule has 0 fully saturated rings. The van der Waals surface area contributed by atoms with E-state index >= 15 is 0 Å². The first kappa shape index (κ1) is 17.5. The first-order valence-corrected chi connectivity index (χ1v) is 9.95. The molecule has 0 aliphatic carbocycles. The largest absolute Gasteiger partial charge is 0.346 e. The number of hydrogen-bond donors (Lipinski definition) is 2. The van der Waals surface area contributed by atoms with Crippen molar-refractivity contribution in [1.29, 1.82) is 0 Å². The minimum Gasteiger partial charge on any atom is -0.346 e. The lowest BCUT2D eigenvalue weighted by Gasteiger charge is -2.19. The summed E-state index contributed by atoms with van der Waals surface area (Å²) >= 11 is 0. The van der Waals surface area contributed by atoms with Crippen LogP contribution in [-0.2, 0) is 14.8 Å². The number of rotatable bonds is 2. The first-order valence-electron chi connectivity index (χ1n) is 8.51. The number of carbonyl (C=O) groups is 1. The van der Waals surface area contributed by atoms with Crippen LogP contribution in [0.25, 0.3) is 11.0 Å². The van der Waals surface area contributed by atoms with E-state index in [1.165, 1.54) is 11.4 Å². The average Bonchev–Trinajstić information content (AvgIpc) is 3.16. The van der Waals surface area contributed by atoms with E-state index in [4.69, 9.17) is 0 Å². The van der Waals surface area contributed by atoms with Gasteiger partial charge in [0.2, 0.25) is 10.0 Å². The predicted octanol–water partition coefficient (Wildman–Crippen LogP) is 3.14. The van der Waals surface area contributed by atoms with Gasteiger partial charge in [0.05, 0.1) is 17.6 Å². The molecule has 0 saturated carbocycles. The monoisotopic (exact) mass is 384 g/mol. The maximum Gasteiger partial charge on any atom is 0.255 e. The van der Waals surface area contributed by atoms with Crippen molar-refractivity contribution in [2.45, 2.75) is 25.5 Å². The normalized spacial score (nSPS) is 17.1. The van der Waals surface area contributed by atoms with Crippen LogP contribution in [0.3, 0.4) is 0 Å². The fourth-order valence-electron chi connectivity index (χ4n) is 3.51. The van der Waals surface area contributed by atoms with Crippen LogP contribution in [-0.4, -0.2) is 31.3 Å². The highest BCUT2D eigenvalue weighted by Crippen LogP contribution is 2.46. The number of H-pyrrole nitrogens is 1. The van der Waals surface area contributed by atoms with E-state index < -0.39 is 14.8 Å². The van der Waals surface area contributed by atoms with Gasteiger partial charge in [-0.3, -0.25) is 9.10 Å². The molecule has 4 rings (SSSR count). The molecule has 3 aromatic rings. The molecule has 0 spiro atoms. The zero-order chi connectivity index (χ0) is 19.6. The summed E-state index contributed by atoms with van der Waals surface area (Å²) in [5, 5.41) is 3.82. The Bertz CT molecular complexity index is 1190. The second-order valence-corrected chi connectivity index (χ2v) is 9.72. The van der Waals surface area contributed by atoms with E-state index in [1.807, 2.05) is 13.0 Å². The molecule has 8 heteroatoms. The molecule has 140 valence electrons. The van der Waals surface area contributed by atoms with Gasteiger partial charge in [-0.05, 0) is 56.2 Å². The molecule has 1 aliphatic rings. The van der Waals surface area contributed by atoms with Crippen molar-refractivity contribution in [3.63, 3.8) is 0 Å². The van der Waals surface area contributed by atoms with Crippen molar-refractivity contribution >= 4 is 38.3 Å². The molecule has 0 radical (unpaired) electrons. The number of hydrogen-bond acceptors (Lipinski definition) is 4. The van der Waals surface area contributed by atoms with E-state index in [9.17, 15) is 13.2 Å². The lowest BCUT2D eigenvalue weighted by atomic mass is 9.97. The van der Waals surface area contributed by atoms with Crippen molar-refractivity contribution in [3.8, 4) is 0 Å².